The highest BCUT2D eigenvalue weighted by atomic mass is 16.5. The predicted octanol–water partition coefficient (Wildman–Crippen LogP) is 2.11. The van der Waals surface area contributed by atoms with Crippen LogP contribution in [0.2, 0.25) is 0 Å². The van der Waals surface area contributed by atoms with Crippen LogP contribution in [0.1, 0.15) is 35.6 Å². The number of carbonyl (C=O) groups excluding carboxylic acids is 2. The summed E-state index contributed by atoms with van der Waals surface area (Å²) in [5.74, 6) is -2.09. The number of carboxylic acids is 1. The van der Waals surface area contributed by atoms with E-state index in [9.17, 15) is 19.2 Å². The fourth-order valence-corrected chi connectivity index (χ4v) is 4.08. The number of nitrogens with one attached hydrogen (secondary N) is 2. The third kappa shape index (κ3) is 5.25. The quantitative estimate of drug-likeness (QED) is 0.435. The van der Waals surface area contributed by atoms with Gasteiger partial charge in [-0.1, -0.05) is 30.3 Å². The van der Waals surface area contributed by atoms with Crippen LogP contribution in [0.4, 0.5) is 0 Å². The lowest BCUT2D eigenvalue weighted by Crippen LogP contribution is -2.43. The minimum Gasteiger partial charge on any atom is -0.484 e. The molecule has 0 aliphatic heterocycles. The van der Waals surface area contributed by atoms with Gasteiger partial charge in [-0.25, -0.2) is 4.79 Å². The van der Waals surface area contributed by atoms with E-state index >= 15 is 0 Å². The molecular formula is C25H24N2O7. The smallest absolute Gasteiger partial charge is 0.339 e. The third-order valence-electron chi connectivity index (χ3n) is 5.68. The molecule has 9 heteroatoms. The lowest BCUT2D eigenvalue weighted by molar-refractivity contribution is -0.138. The van der Waals surface area contributed by atoms with E-state index in [1.54, 1.807) is 42.5 Å². The number of aryl methyl sites for hydroxylation is 1. The molecule has 0 spiro atoms. The minimum atomic E-state index is -1.20. The van der Waals surface area contributed by atoms with Gasteiger partial charge in [-0.05, 0) is 48.9 Å². The number of hydrogen-bond acceptors (Lipinski definition) is 6. The molecule has 1 atom stereocenters. The number of aliphatic carboxylic acids is 1. The Hall–Kier alpha value is -4.14. The molecule has 0 bridgehead atoms. The standard InChI is InChI=1S/C25H24N2O7/c28-21(27-23(15-6-2-1-3-7-15)24(31)26-13-22(29)30)14-33-16-10-11-18-17-8-4-5-9-19(17)25(32)34-20(18)12-16/h1-3,6-7,10-12,23H,4-5,8-9,13-14H2,(H,26,31)(H,27,28)(H,29,30)/t23-/m0/s1. The molecule has 0 unspecified atom stereocenters. The summed E-state index contributed by atoms with van der Waals surface area (Å²) in [6.07, 6.45) is 3.53. The van der Waals surface area contributed by atoms with Gasteiger partial charge in [0.05, 0.1) is 0 Å². The van der Waals surface area contributed by atoms with Crippen molar-refractivity contribution in [1.29, 1.82) is 0 Å². The van der Waals surface area contributed by atoms with Crippen molar-refractivity contribution in [1.82, 2.24) is 10.6 Å². The maximum atomic E-state index is 12.5. The fourth-order valence-electron chi connectivity index (χ4n) is 4.08. The topological polar surface area (TPSA) is 135 Å². The summed E-state index contributed by atoms with van der Waals surface area (Å²) in [5, 5.41) is 14.5. The van der Waals surface area contributed by atoms with Gasteiger partial charge in [0, 0.05) is 17.0 Å². The molecule has 2 amide bonds. The second kappa shape index (κ2) is 10.2. The average molecular weight is 464 g/mol. The second-order valence-electron chi connectivity index (χ2n) is 8.02. The largest absolute Gasteiger partial charge is 0.484 e. The molecule has 0 fully saturated rings. The first kappa shape index (κ1) is 23.0. The van der Waals surface area contributed by atoms with E-state index < -0.39 is 37.0 Å². The number of amides is 2. The van der Waals surface area contributed by atoms with E-state index in [1.807, 2.05) is 6.07 Å². The Labute approximate surface area is 194 Å². The maximum Gasteiger partial charge on any atom is 0.339 e. The van der Waals surface area contributed by atoms with Crippen molar-refractivity contribution in [2.24, 2.45) is 0 Å². The number of ether oxygens (including phenoxy) is 1. The first-order valence-electron chi connectivity index (χ1n) is 11.0. The van der Waals surface area contributed by atoms with Gasteiger partial charge in [-0.3, -0.25) is 14.4 Å². The highest BCUT2D eigenvalue weighted by Gasteiger charge is 2.23. The highest BCUT2D eigenvalue weighted by Crippen LogP contribution is 2.29. The molecule has 0 saturated heterocycles. The molecule has 176 valence electrons. The van der Waals surface area contributed by atoms with Crippen molar-refractivity contribution in [2.45, 2.75) is 31.7 Å². The van der Waals surface area contributed by atoms with E-state index in [-0.39, 0.29) is 5.63 Å². The van der Waals surface area contributed by atoms with Crippen LogP contribution in [-0.2, 0) is 27.2 Å². The van der Waals surface area contributed by atoms with Crippen LogP contribution in [0.15, 0.2) is 57.7 Å². The van der Waals surface area contributed by atoms with Gasteiger partial charge in [0.2, 0.25) is 5.91 Å². The number of carboxylic acid groups (broad SMARTS) is 1. The van der Waals surface area contributed by atoms with Gasteiger partial charge in [0.1, 0.15) is 23.9 Å². The number of benzene rings is 2. The Bertz CT molecular complexity index is 1280. The molecule has 1 heterocycles. The van der Waals surface area contributed by atoms with E-state index in [4.69, 9.17) is 14.3 Å². The van der Waals surface area contributed by atoms with Crippen LogP contribution >= 0.6 is 0 Å². The van der Waals surface area contributed by atoms with Crippen LogP contribution in [-0.4, -0.2) is 36.0 Å². The molecule has 0 saturated carbocycles. The van der Waals surface area contributed by atoms with Gasteiger partial charge in [-0.2, -0.15) is 0 Å². The lowest BCUT2D eigenvalue weighted by Gasteiger charge is -2.19. The Morgan fingerprint density at radius 1 is 1.03 bits per heavy atom. The normalized spacial score (nSPS) is 13.5. The molecule has 3 aromatic rings. The second-order valence-corrected chi connectivity index (χ2v) is 8.02. The summed E-state index contributed by atoms with van der Waals surface area (Å²) in [7, 11) is 0. The Morgan fingerprint density at radius 3 is 2.50 bits per heavy atom. The van der Waals surface area contributed by atoms with Crippen molar-refractivity contribution in [2.75, 3.05) is 13.2 Å². The zero-order valence-corrected chi connectivity index (χ0v) is 18.3. The van der Waals surface area contributed by atoms with Crippen molar-refractivity contribution in [3.63, 3.8) is 0 Å². The molecule has 34 heavy (non-hydrogen) atoms. The monoisotopic (exact) mass is 464 g/mol. The van der Waals surface area contributed by atoms with Gasteiger partial charge in [0.25, 0.3) is 5.91 Å². The molecule has 2 aromatic carbocycles. The molecule has 3 N–H and O–H groups in total. The lowest BCUT2D eigenvalue weighted by atomic mass is 9.91. The Morgan fingerprint density at radius 2 is 1.76 bits per heavy atom. The number of hydrogen-bond donors (Lipinski definition) is 3. The molecule has 1 aromatic heterocycles. The zero-order valence-electron chi connectivity index (χ0n) is 18.3. The van der Waals surface area contributed by atoms with E-state index in [2.05, 4.69) is 10.6 Å². The van der Waals surface area contributed by atoms with Crippen LogP contribution in [0.25, 0.3) is 11.0 Å². The van der Waals surface area contributed by atoms with Gasteiger partial charge >= 0.3 is 11.6 Å². The van der Waals surface area contributed by atoms with Crippen molar-refractivity contribution < 1.29 is 28.6 Å². The summed E-state index contributed by atoms with van der Waals surface area (Å²) in [6, 6.07) is 12.5. The molecule has 0 radical (unpaired) electrons. The van der Waals surface area contributed by atoms with Crippen LogP contribution in [0.3, 0.4) is 0 Å². The number of rotatable bonds is 8. The minimum absolute atomic E-state index is 0.338. The average Bonchev–Trinajstić information content (AvgIpc) is 2.85. The van der Waals surface area contributed by atoms with Crippen LogP contribution in [0.5, 0.6) is 5.75 Å². The predicted molar refractivity (Wildman–Crippen MR) is 123 cm³/mol. The summed E-state index contributed by atoms with van der Waals surface area (Å²) >= 11 is 0. The van der Waals surface area contributed by atoms with Crippen molar-refractivity contribution in [3.8, 4) is 5.75 Å². The molecular weight excluding hydrogens is 440 g/mol. The van der Waals surface area contributed by atoms with E-state index in [1.165, 1.54) is 0 Å². The molecule has 9 nitrogen and oxygen atoms in total. The number of carbonyl (C=O) groups is 3. The van der Waals surface area contributed by atoms with Crippen LogP contribution in [0, 0.1) is 0 Å². The fraction of sp³-hybridized carbons (Fsp3) is 0.280. The van der Waals surface area contributed by atoms with Gasteiger partial charge in [-0.15, -0.1) is 0 Å². The van der Waals surface area contributed by atoms with E-state index in [0.717, 1.165) is 35.8 Å². The SMILES string of the molecule is O=C(O)CNC(=O)[C@@H](NC(=O)COc1ccc2c3c(c(=O)oc2c1)CCCC3)c1ccccc1. The van der Waals surface area contributed by atoms with Crippen LogP contribution < -0.4 is 21.0 Å². The Balaban J connectivity index is 1.45. The highest BCUT2D eigenvalue weighted by molar-refractivity contribution is 5.90. The zero-order chi connectivity index (χ0) is 24.1. The van der Waals surface area contributed by atoms with E-state index in [0.29, 0.717) is 23.3 Å². The van der Waals surface area contributed by atoms with Gasteiger partial charge < -0.3 is 24.9 Å². The first-order chi connectivity index (χ1) is 16.4. The maximum absolute atomic E-state index is 12.5. The molecule has 1 aliphatic carbocycles. The summed E-state index contributed by atoms with van der Waals surface area (Å²) in [5.41, 5.74) is 2.31. The van der Waals surface area contributed by atoms with Crippen molar-refractivity contribution >= 4 is 28.8 Å². The summed E-state index contributed by atoms with van der Waals surface area (Å²) in [4.78, 5) is 48.1. The third-order valence-corrected chi connectivity index (χ3v) is 5.68. The molecule has 1 aliphatic rings. The van der Waals surface area contributed by atoms with Gasteiger partial charge in [0.15, 0.2) is 6.61 Å². The number of fused-ring (bicyclic) bond motifs is 3. The first-order valence-corrected chi connectivity index (χ1v) is 11.0. The summed E-state index contributed by atoms with van der Waals surface area (Å²) in [6.45, 7) is -0.962. The van der Waals surface area contributed by atoms with Crippen molar-refractivity contribution in [3.05, 3.63) is 75.6 Å². The molecule has 4 rings (SSSR count). The Kier molecular flexibility index (Phi) is 6.91. The summed E-state index contributed by atoms with van der Waals surface area (Å²) < 4.78 is 11.0.